The first-order chi connectivity index (χ1) is 9.20. The van der Waals surface area contributed by atoms with Crippen molar-refractivity contribution in [3.8, 4) is 0 Å². The van der Waals surface area contributed by atoms with E-state index in [9.17, 15) is 44.3 Å². The van der Waals surface area contributed by atoms with Crippen molar-refractivity contribution in [3.05, 3.63) is 0 Å². The fourth-order valence-corrected chi connectivity index (χ4v) is 0.956. The minimum Gasteiger partial charge on any atom is -0.469 e. The molecule has 0 fully saturated rings. The van der Waals surface area contributed by atoms with E-state index in [1.165, 1.54) is 0 Å². The summed E-state index contributed by atoms with van der Waals surface area (Å²) in [6.45, 7) is -3.35. The van der Waals surface area contributed by atoms with E-state index >= 15 is 0 Å². The van der Waals surface area contributed by atoms with Crippen LogP contribution in [0.25, 0.3) is 0 Å². The number of alkyl halides is 9. The molecule has 0 bridgehead atoms. The number of halogens is 9. The van der Waals surface area contributed by atoms with Crippen molar-refractivity contribution >= 4 is 5.97 Å². The number of rotatable bonds is 7. The summed E-state index contributed by atoms with van der Waals surface area (Å²) in [5.41, 5.74) is 0. The fraction of sp³-hybridized carbons (Fsp3) is 0.889. The molecular weight excluding hydrogens is 327 g/mol. The molecule has 0 aliphatic rings. The molecule has 0 amide bonds. The Hall–Kier alpha value is -1.20. The van der Waals surface area contributed by atoms with Gasteiger partial charge in [-0.15, -0.1) is 0 Å². The van der Waals surface area contributed by atoms with Gasteiger partial charge >= 0.3 is 29.9 Å². The molecule has 0 spiro atoms. The van der Waals surface area contributed by atoms with E-state index in [0.29, 0.717) is 0 Å². The van der Waals surface area contributed by atoms with Crippen LogP contribution in [0, 0.1) is 0 Å². The molecule has 0 aromatic carbocycles. The van der Waals surface area contributed by atoms with Gasteiger partial charge in [0.2, 0.25) is 0 Å². The molecule has 0 aromatic rings. The van der Waals surface area contributed by atoms with Crippen molar-refractivity contribution in [2.24, 2.45) is 0 Å². The van der Waals surface area contributed by atoms with E-state index in [1.807, 2.05) is 0 Å². The van der Waals surface area contributed by atoms with Gasteiger partial charge in [0.05, 0.1) is 20.1 Å². The lowest BCUT2D eigenvalue weighted by atomic mass is 10.0. The molecular formula is C9H9F9O3. The summed E-state index contributed by atoms with van der Waals surface area (Å²) >= 11 is 0. The number of hydrogen-bond acceptors (Lipinski definition) is 3. The van der Waals surface area contributed by atoms with E-state index in [0.717, 1.165) is 7.11 Å². The second-order valence-electron chi connectivity index (χ2n) is 3.73. The zero-order chi connectivity index (χ0) is 17.1. The van der Waals surface area contributed by atoms with E-state index in [1.54, 1.807) is 0 Å². The lowest BCUT2D eigenvalue weighted by Crippen LogP contribution is -2.62. The molecule has 0 atom stereocenters. The average Bonchev–Trinajstić information content (AvgIpc) is 2.32. The molecule has 0 aromatic heterocycles. The molecule has 0 saturated heterocycles. The molecule has 0 radical (unpaired) electrons. The van der Waals surface area contributed by atoms with Gasteiger partial charge in [-0.05, 0) is 0 Å². The molecule has 0 aliphatic heterocycles. The standard InChI is InChI=1S/C9H9F9O3/c1-20-5(19)2-3-21-4-6(10,11)7(12,13)8(14,15)9(16,17)18/h2-4H2,1H3. The summed E-state index contributed by atoms with van der Waals surface area (Å²) in [5.74, 6) is -20.5. The molecule has 0 heterocycles. The van der Waals surface area contributed by atoms with E-state index in [-0.39, 0.29) is 0 Å². The Bertz CT molecular complexity index is 364. The van der Waals surface area contributed by atoms with Crippen LogP contribution in [-0.2, 0) is 14.3 Å². The summed E-state index contributed by atoms with van der Waals surface area (Å²) < 4.78 is 119. The van der Waals surface area contributed by atoms with Crippen molar-refractivity contribution in [1.29, 1.82) is 0 Å². The zero-order valence-electron chi connectivity index (χ0n) is 10.2. The van der Waals surface area contributed by atoms with Gasteiger partial charge in [-0.2, -0.15) is 39.5 Å². The summed E-state index contributed by atoms with van der Waals surface area (Å²) in [6, 6.07) is 0. The maximum atomic E-state index is 12.9. The molecule has 0 saturated carbocycles. The van der Waals surface area contributed by atoms with Gasteiger partial charge in [-0.1, -0.05) is 0 Å². The van der Waals surface area contributed by atoms with E-state index in [2.05, 4.69) is 9.47 Å². The van der Waals surface area contributed by atoms with Gasteiger partial charge in [0.15, 0.2) is 0 Å². The van der Waals surface area contributed by atoms with Crippen LogP contribution < -0.4 is 0 Å². The third-order valence-corrected chi connectivity index (χ3v) is 2.17. The molecule has 0 N–H and O–H groups in total. The monoisotopic (exact) mass is 336 g/mol. The highest BCUT2D eigenvalue weighted by atomic mass is 19.4. The summed E-state index contributed by atoms with van der Waals surface area (Å²) in [5, 5.41) is 0. The normalized spacial score (nSPS) is 14.2. The minimum atomic E-state index is -6.95. The third-order valence-electron chi connectivity index (χ3n) is 2.17. The van der Waals surface area contributed by atoms with Gasteiger partial charge in [0, 0.05) is 0 Å². The molecule has 3 nitrogen and oxygen atoms in total. The van der Waals surface area contributed by atoms with Crippen molar-refractivity contribution < 1.29 is 53.8 Å². The van der Waals surface area contributed by atoms with Crippen molar-refractivity contribution in [2.45, 2.75) is 30.4 Å². The number of esters is 1. The van der Waals surface area contributed by atoms with Crippen LogP contribution in [0.1, 0.15) is 6.42 Å². The Balaban J connectivity index is 4.85. The maximum absolute atomic E-state index is 12.9. The van der Waals surface area contributed by atoms with Gasteiger partial charge in [-0.3, -0.25) is 4.79 Å². The number of hydrogen-bond donors (Lipinski definition) is 0. The SMILES string of the molecule is COC(=O)CCOCC(F)(F)C(F)(F)C(F)(F)C(F)(F)F. The Labute approximate surface area is 112 Å². The van der Waals surface area contributed by atoms with Crippen LogP contribution >= 0.6 is 0 Å². The van der Waals surface area contributed by atoms with Gasteiger partial charge in [0.25, 0.3) is 0 Å². The highest BCUT2D eigenvalue weighted by Gasteiger charge is 2.81. The van der Waals surface area contributed by atoms with Crippen LogP contribution in [0.5, 0.6) is 0 Å². The molecule has 0 aliphatic carbocycles. The first kappa shape index (κ1) is 19.8. The van der Waals surface area contributed by atoms with Crippen LogP contribution in [0.4, 0.5) is 39.5 Å². The Morgan fingerprint density at radius 3 is 1.76 bits per heavy atom. The van der Waals surface area contributed by atoms with Gasteiger partial charge in [0.1, 0.15) is 6.61 Å². The maximum Gasteiger partial charge on any atom is 0.460 e. The van der Waals surface area contributed by atoms with Crippen molar-refractivity contribution in [1.82, 2.24) is 0 Å². The van der Waals surface area contributed by atoms with Crippen LogP contribution in [0.2, 0.25) is 0 Å². The number of carbonyl (C=O) groups is 1. The topological polar surface area (TPSA) is 35.5 Å². The summed E-state index contributed by atoms with van der Waals surface area (Å²) in [6.07, 6.45) is -7.54. The highest BCUT2D eigenvalue weighted by Crippen LogP contribution is 2.52. The molecule has 12 heteroatoms. The minimum absolute atomic E-state index is 0.673. The summed E-state index contributed by atoms with van der Waals surface area (Å²) in [7, 11) is 0.912. The number of carbonyl (C=O) groups excluding carboxylic acids is 1. The second-order valence-corrected chi connectivity index (χ2v) is 3.73. The first-order valence-corrected chi connectivity index (χ1v) is 5.05. The molecule has 21 heavy (non-hydrogen) atoms. The molecule has 126 valence electrons. The largest absolute Gasteiger partial charge is 0.469 e. The van der Waals surface area contributed by atoms with Crippen molar-refractivity contribution in [2.75, 3.05) is 20.3 Å². The van der Waals surface area contributed by atoms with Gasteiger partial charge in [-0.25, -0.2) is 0 Å². The van der Waals surface area contributed by atoms with Crippen molar-refractivity contribution in [3.63, 3.8) is 0 Å². The molecule has 0 rings (SSSR count). The third kappa shape index (κ3) is 4.14. The number of methoxy groups -OCH3 is 1. The highest BCUT2D eigenvalue weighted by molar-refractivity contribution is 5.69. The van der Waals surface area contributed by atoms with E-state index < -0.39 is 49.5 Å². The van der Waals surface area contributed by atoms with Crippen LogP contribution in [-0.4, -0.2) is 50.2 Å². The fourth-order valence-electron chi connectivity index (χ4n) is 0.956. The molecule has 0 unspecified atom stereocenters. The summed E-state index contributed by atoms with van der Waals surface area (Å²) in [4.78, 5) is 10.5. The predicted molar refractivity (Wildman–Crippen MR) is 48.3 cm³/mol. The zero-order valence-corrected chi connectivity index (χ0v) is 10.2. The van der Waals surface area contributed by atoms with Gasteiger partial charge < -0.3 is 9.47 Å². The smallest absolute Gasteiger partial charge is 0.460 e. The van der Waals surface area contributed by atoms with Crippen LogP contribution in [0.3, 0.4) is 0 Å². The Kier molecular flexibility index (Phi) is 5.92. The Morgan fingerprint density at radius 1 is 0.905 bits per heavy atom. The quantitative estimate of drug-likeness (QED) is 0.407. The second kappa shape index (κ2) is 6.28. The van der Waals surface area contributed by atoms with Crippen LogP contribution in [0.15, 0.2) is 0 Å². The number of ether oxygens (including phenoxy) is 2. The predicted octanol–water partition coefficient (Wildman–Crippen LogP) is 3.03. The lowest BCUT2D eigenvalue weighted by molar-refractivity contribution is -0.399. The average molecular weight is 336 g/mol. The lowest BCUT2D eigenvalue weighted by Gasteiger charge is -2.33. The first-order valence-electron chi connectivity index (χ1n) is 5.05. The van der Waals surface area contributed by atoms with E-state index in [4.69, 9.17) is 0 Å². The Morgan fingerprint density at radius 2 is 1.38 bits per heavy atom.